The molecule has 0 aliphatic heterocycles. The number of aromatic carboxylic acids is 1. The monoisotopic (exact) mass is 277 g/mol. The highest BCUT2D eigenvalue weighted by atomic mass is 19.1. The van der Waals surface area contributed by atoms with Gasteiger partial charge in [0, 0.05) is 44.0 Å². The minimum absolute atomic E-state index is 0.0924. The summed E-state index contributed by atoms with van der Waals surface area (Å²) < 4.78 is 15.3. The van der Waals surface area contributed by atoms with E-state index in [0.717, 1.165) is 12.1 Å². The minimum Gasteiger partial charge on any atom is -0.478 e. The Kier molecular flexibility index (Phi) is 4.47. The maximum atomic E-state index is 13.6. The van der Waals surface area contributed by atoms with Crippen molar-refractivity contribution in [2.24, 2.45) is 7.05 Å². The zero-order valence-corrected chi connectivity index (χ0v) is 11.1. The second kappa shape index (κ2) is 6.29. The van der Waals surface area contributed by atoms with Gasteiger partial charge in [-0.15, -0.1) is 0 Å². The minimum atomic E-state index is -1.05. The Balaban J connectivity index is 1.89. The predicted octanol–water partition coefficient (Wildman–Crippen LogP) is 1.59. The molecule has 1 aromatic heterocycles. The summed E-state index contributed by atoms with van der Waals surface area (Å²) in [7, 11) is 1.87. The van der Waals surface area contributed by atoms with Crippen LogP contribution in [0.3, 0.4) is 0 Å². The summed E-state index contributed by atoms with van der Waals surface area (Å²) >= 11 is 0. The third-order valence-electron chi connectivity index (χ3n) is 3.09. The Morgan fingerprint density at radius 2 is 2.25 bits per heavy atom. The van der Waals surface area contributed by atoms with Crippen LogP contribution in [-0.4, -0.2) is 27.4 Å². The molecule has 6 heteroatoms. The molecule has 2 rings (SSSR count). The van der Waals surface area contributed by atoms with E-state index in [1.807, 2.05) is 13.1 Å². The Labute approximate surface area is 116 Å². The Morgan fingerprint density at radius 3 is 2.90 bits per heavy atom. The molecule has 0 fully saturated rings. The van der Waals surface area contributed by atoms with Crippen molar-refractivity contribution in [1.29, 1.82) is 0 Å². The van der Waals surface area contributed by atoms with E-state index in [1.165, 1.54) is 18.2 Å². The van der Waals surface area contributed by atoms with Crippen LogP contribution in [0.2, 0.25) is 0 Å². The van der Waals surface area contributed by atoms with Gasteiger partial charge in [0.25, 0.3) is 0 Å². The molecule has 0 atom stereocenters. The standard InChI is InChI=1S/C14H16FN3O2/c1-18-12(5-7-17-18)4-6-16-9-11-8-10(14(19)20)2-3-13(11)15/h2-3,5,7-8,16H,4,6,9H2,1H3,(H,19,20). The van der Waals surface area contributed by atoms with Gasteiger partial charge in [-0.3, -0.25) is 4.68 Å². The smallest absolute Gasteiger partial charge is 0.335 e. The van der Waals surface area contributed by atoms with Crippen molar-refractivity contribution >= 4 is 5.97 Å². The summed E-state index contributed by atoms with van der Waals surface area (Å²) in [6.07, 6.45) is 2.50. The molecule has 0 saturated carbocycles. The molecular formula is C14H16FN3O2. The van der Waals surface area contributed by atoms with Crippen molar-refractivity contribution in [3.63, 3.8) is 0 Å². The number of hydrogen-bond acceptors (Lipinski definition) is 3. The number of carboxylic acids is 1. The molecular weight excluding hydrogens is 261 g/mol. The molecule has 5 nitrogen and oxygen atoms in total. The van der Waals surface area contributed by atoms with Crippen molar-refractivity contribution < 1.29 is 14.3 Å². The van der Waals surface area contributed by atoms with Crippen LogP contribution in [-0.2, 0) is 20.0 Å². The lowest BCUT2D eigenvalue weighted by atomic mass is 10.1. The Morgan fingerprint density at radius 1 is 1.45 bits per heavy atom. The summed E-state index contributed by atoms with van der Waals surface area (Å²) in [5.74, 6) is -1.45. The number of nitrogens with zero attached hydrogens (tertiary/aromatic N) is 2. The summed E-state index contributed by atoms with van der Waals surface area (Å²) in [6.45, 7) is 0.959. The van der Waals surface area contributed by atoms with Crippen LogP contribution in [0.15, 0.2) is 30.5 Å². The number of aromatic nitrogens is 2. The van der Waals surface area contributed by atoms with Crippen molar-refractivity contribution in [2.45, 2.75) is 13.0 Å². The molecule has 0 aliphatic carbocycles. The number of hydrogen-bond donors (Lipinski definition) is 2. The molecule has 0 amide bonds. The summed E-state index contributed by atoms with van der Waals surface area (Å²) in [5.41, 5.74) is 1.53. The number of nitrogens with one attached hydrogen (secondary N) is 1. The normalized spacial score (nSPS) is 10.7. The largest absolute Gasteiger partial charge is 0.478 e. The molecule has 1 aromatic carbocycles. The van der Waals surface area contributed by atoms with Crippen LogP contribution in [0.5, 0.6) is 0 Å². The van der Waals surface area contributed by atoms with Crippen molar-refractivity contribution in [1.82, 2.24) is 15.1 Å². The van der Waals surface area contributed by atoms with Crippen LogP contribution in [0.25, 0.3) is 0 Å². The number of aryl methyl sites for hydroxylation is 1. The van der Waals surface area contributed by atoms with E-state index in [-0.39, 0.29) is 5.56 Å². The van der Waals surface area contributed by atoms with Gasteiger partial charge in [-0.25, -0.2) is 9.18 Å². The van der Waals surface area contributed by atoms with Gasteiger partial charge < -0.3 is 10.4 Å². The lowest BCUT2D eigenvalue weighted by Crippen LogP contribution is -2.19. The van der Waals surface area contributed by atoms with Crippen molar-refractivity contribution in [3.8, 4) is 0 Å². The first kappa shape index (κ1) is 14.2. The van der Waals surface area contributed by atoms with Gasteiger partial charge in [-0.05, 0) is 24.3 Å². The second-order valence-corrected chi connectivity index (χ2v) is 4.48. The van der Waals surface area contributed by atoms with Crippen LogP contribution in [0, 0.1) is 5.82 Å². The van der Waals surface area contributed by atoms with Crippen molar-refractivity contribution in [2.75, 3.05) is 6.54 Å². The number of carboxylic acid groups (broad SMARTS) is 1. The third kappa shape index (κ3) is 3.42. The van der Waals surface area contributed by atoms with E-state index in [1.54, 1.807) is 10.9 Å². The molecule has 106 valence electrons. The average molecular weight is 277 g/mol. The number of benzene rings is 1. The van der Waals surface area contributed by atoms with Gasteiger partial charge >= 0.3 is 5.97 Å². The maximum absolute atomic E-state index is 13.6. The van der Waals surface area contributed by atoms with Crippen LogP contribution >= 0.6 is 0 Å². The predicted molar refractivity (Wildman–Crippen MR) is 72.0 cm³/mol. The lowest BCUT2D eigenvalue weighted by molar-refractivity contribution is 0.0696. The number of rotatable bonds is 6. The summed E-state index contributed by atoms with van der Waals surface area (Å²) in [4.78, 5) is 10.8. The molecule has 0 radical (unpaired) electrons. The first-order chi connectivity index (χ1) is 9.58. The van der Waals surface area contributed by atoms with Crippen molar-refractivity contribution in [3.05, 3.63) is 53.1 Å². The fraction of sp³-hybridized carbons (Fsp3) is 0.286. The van der Waals surface area contributed by atoms with Gasteiger partial charge in [0.1, 0.15) is 5.82 Å². The SMILES string of the molecule is Cn1nccc1CCNCc1cc(C(=O)O)ccc1F. The molecule has 1 heterocycles. The molecule has 0 spiro atoms. The van der Waals surface area contributed by atoms with Gasteiger partial charge in [0.15, 0.2) is 0 Å². The molecule has 20 heavy (non-hydrogen) atoms. The molecule has 0 bridgehead atoms. The van der Waals surface area contributed by atoms with E-state index in [4.69, 9.17) is 5.11 Å². The quantitative estimate of drug-likeness (QED) is 0.787. The zero-order chi connectivity index (χ0) is 14.5. The van der Waals surface area contributed by atoms with Gasteiger partial charge in [0.05, 0.1) is 5.56 Å². The Hall–Kier alpha value is -2.21. The van der Waals surface area contributed by atoms with E-state index in [2.05, 4.69) is 10.4 Å². The van der Waals surface area contributed by atoms with E-state index < -0.39 is 11.8 Å². The molecule has 0 unspecified atom stereocenters. The van der Waals surface area contributed by atoms with E-state index >= 15 is 0 Å². The first-order valence-electron chi connectivity index (χ1n) is 6.27. The highest BCUT2D eigenvalue weighted by Gasteiger charge is 2.08. The molecule has 0 aliphatic rings. The summed E-state index contributed by atoms with van der Waals surface area (Å²) in [6, 6.07) is 5.72. The highest BCUT2D eigenvalue weighted by molar-refractivity contribution is 5.87. The molecule has 2 N–H and O–H groups in total. The second-order valence-electron chi connectivity index (χ2n) is 4.48. The Bertz CT molecular complexity index is 610. The first-order valence-corrected chi connectivity index (χ1v) is 6.27. The van der Waals surface area contributed by atoms with Gasteiger partial charge in [-0.2, -0.15) is 5.10 Å². The molecule has 2 aromatic rings. The van der Waals surface area contributed by atoms with E-state index in [9.17, 15) is 9.18 Å². The fourth-order valence-electron chi connectivity index (χ4n) is 1.93. The van der Waals surface area contributed by atoms with Crippen LogP contribution < -0.4 is 5.32 Å². The topological polar surface area (TPSA) is 67.2 Å². The lowest BCUT2D eigenvalue weighted by Gasteiger charge is -2.07. The highest BCUT2D eigenvalue weighted by Crippen LogP contribution is 2.10. The fourth-order valence-corrected chi connectivity index (χ4v) is 1.93. The number of carbonyl (C=O) groups is 1. The van der Waals surface area contributed by atoms with E-state index in [0.29, 0.717) is 18.7 Å². The third-order valence-corrected chi connectivity index (χ3v) is 3.09. The van der Waals surface area contributed by atoms with Gasteiger partial charge in [-0.1, -0.05) is 0 Å². The van der Waals surface area contributed by atoms with Crippen LogP contribution in [0.1, 0.15) is 21.6 Å². The zero-order valence-electron chi connectivity index (χ0n) is 11.1. The summed E-state index contributed by atoms with van der Waals surface area (Å²) in [5, 5.41) is 16.0. The average Bonchev–Trinajstić information content (AvgIpc) is 2.82. The number of halogens is 1. The van der Waals surface area contributed by atoms with Crippen LogP contribution in [0.4, 0.5) is 4.39 Å². The van der Waals surface area contributed by atoms with Gasteiger partial charge in [0.2, 0.25) is 0 Å². The molecule has 0 saturated heterocycles. The maximum Gasteiger partial charge on any atom is 0.335 e.